The Bertz CT molecular complexity index is 1020. The van der Waals surface area contributed by atoms with Gasteiger partial charge in [0.1, 0.15) is 17.1 Å². The lowest BCUT2D eigenvalue weighted by Gasteiger charge is -2.14. The van der Waals surface area contributed by atoms with Crippen molar-refractivity contribution in [2.24, 2.45) is 0 Å². The molecule has 0 unspecified atom stereocenters. The summed E-state index contributed by atoms with van der Waals surface area (Å²) in [6.45, 7) is 0. The van der Waals surface area contributed by atoms with Gasteiger partial charge in [0.25, 0.3) is 0 Å². The van der Waals surface area contributed by atoms with E-state index >= 15 is 0 Å². The number of rotatable bonds is 6. The van der Waals surface area contributed by atoms with Crippen molar-refractivity contribution < 1.29 is 28.2 Å². The molecule has 0 spiro atoms. The Morgan fingerprint density at radius 1 is 0.966 bits per heavy atom. The number of benzene rings is 2. The van der Waals surface area contributed by atoms with E-state index in [0.717, 1.165) is 42.4 Å². The lowest BCUT2D eigenvalue weighted by molar-refractivity contribution is -0.133. The average Bonchev–Trinajstić information content (AvgIpc) is 3.11. The summed E-state index contributed by atoms with van der Waals surface area (Å²) in [5.41, 5.74) is 2.81. The van der Waals surface area contributed by atoms with Gasteiger partial charge in [-0.3, -0.25) is 4.79 Å². The van der Waals surface area contributed by atoms with E-state index < -0.39 is 0 Å². The lowest BCUT2D eigenvalue weighted by Crippen LogP contribution is -2.11. The van der Waals surface area contributed by atoms with Gasteiger partial charge in [0.05, 0.1) is 27.8 Å². The van der Waals surface area contributed by atoms with Crippen LogP contribution in [0.1, 0.15) is 29.7 Å². The summed E-state index contributed by atoms with van der Waals surface area (Å²) in [6.07, 6.45) is 4.37. The third kappa shape index (κ3) is 3.75. The molecule has 0 fully saturated rings. The normalized spacial score (nSPS) is 13.1. The molecule has 0 saturated carbocycles. The van der Waals surface area contributed by atoms with Crippen LogP contribution in [0.4, 0.5) is 0 Å². The first-order chi connectivity index (χ1) is 14.1. The number of hydrogen-bond donors (Lipinski definition) is 0. The van der Waals surface area contributed by atoms with Gasteiger partial charge in [0.2, 0.25) is 5.75 Å². The molecule has 1 aliphatic rings. The standard InChI is InChI=1S/C23H24O6/c1-25-20-10-14(11-21(26-2)23(20)27-3)12-22(24)28-15-8-9-19-17(13-15)16-6-4-5-7-18(16)29-19/h8-11,13H,4-7,12H2,1-3H3. The van der Waals surface area contributed by atoms with Crippen molar-refractivity contribution >= 4 is 16.9 Å². The highest BCUT2D eigenvalue weighted by Gasteiger charge is 2.19. The third-order valence-corrected chi connectivity index (χ3v) is 5.23. The molecule has 1 aliphatic carbocycles. The van der Waals surface area contributed by atoms with Crippen molar-refractivity contribution in [1.82, 2.24) is 0 Å². The van der Waals surface area contributed by atoms with Gasteiger partial charge in [-0.05, 0) is 55.2 Å². The predicted molar refractivity (Wildman–Crippen MR) is 108 cm³/mol. The van der Waals surface area contributed by atoms with Crippen molar-refractivity contribution in [3.05, 3.63) is 47.2 Å². The Balaban J connectivity index is 1.54. The molecule has 6 nitrogen and oxygen atoms in total. The molecular formula is C23H24O6. The quantitative estimate of drug-likeness (QED) is 0.452. The smallest absolute Gasteiger partial charge is 0.315 e. The van der Waals surface area contributed by atoms with Crippen LogP contribution in [0.2, 0.25) is 0 Å². The highest BCUT2D eigenvalue weighted by atomic mass is 16.5. The minimum absolute atomic E-state index is 0.0816. The van der Waals surface area contributed by atoms with Crippen molar-refractivity contribution in [2.75, 3.05) is 21.3 Å². The van der Waals surface area contributed by atoms with E-state index in [1.165, 1.54) is 5.56 Å². The first kappa shape index (κ1) is 19.2. The third-order valence-electron chi connectivity index (χ3n) is 5.23. The molecule has 0 bridgehead atoms. The van der Waals surface area contributed by atoms with Gasteiger partial charge in [0.15, 0.2) is 11.5 Å². The summed E-state index contributed by atoms with van der Waals surface area (Å²) in [5, 5.41) is 1.04. The molecule has 0 atom stereocenters. The molecule has 152 valence electrons. The number of fused-ring (bicyclic) bond motifs is 3. The topological polar surface area (TPSA) is 67.1 Å². The second-order valence-corrected chi connectivity index (χ2v) is 7.05. The zero-order valence-corrected chi connectivity index (χ0v) is 16.9. The molecule has 29 heavy (non-hydrogen) atoms. The molecule has 1 heterocycles. The molecule has 0 N–H and O–H groups in total. The van der Waals surface area contributed by atoms with E-state index in [4.69, 9.17) is 23.4 Å². The zero-order chi connectivity index (χ0) is 20.4. The summed E-state index contributed by atoms with van der Waals surface area (Å²) in [6, 6.07) is 9.03. The van der Waals surface area contributed by atoms with Crippen LogP contribution in [0.25, 0.3) is 11.0 Å². The van der Waals surface area contributed by atoms with E-state index in [9.17, 15) is 4.79 Å². The fraction of sp³-hybridized carbons (Fsp3) is 0.348. The maximum Gasteiger partial charge on any atom is 0.315 e. The second kappa shape index (κ2) is 8.07. The van der Waals surface area contributed by atoms with E-state index in [-0.39, 0.29) is 12.4 Å². The number of carbonyl (C=O) groups is 1. The number of hydrogen-bond acceptors (Lipinski definition) is 6. The van der Waals surface area contributed by atoms with Crippen LogP contribution in [-0.4, -0.2) is 27.3 Å². The summed E-state index contributed by atoms with van der Waals surface area (Å²) < 4.78 is 27.5. The second-order valence-electron chi connectivity index (χ2n) is 7.05. The van der Waals surface area contributed by atoms with Crippen LogP contribution in [0.5, 0.6) is 23.0 Å². The Morgan fingerprint density at radius 3 is 2.38 bits per heavy atom. The molecule has 0 amide bonds. The molecule has 0 saturated heterocycles. The van der Waals surface area contributed by atoms with Gasteiger partial charge in [-0.25, -0.2) is 0 Å². The van der Waals surface area contributed by atoms with E-state index in [0.29, 0.717) is 28.6 Å². The minimum Gasteiger partial charge on any atom is -0.493 e. The van der Waals surface area contributed by atoms with E-state index in [1.807, 2.05) is 12.1 Å². The van der Waals surface area contributed by atoms with E-state index in [1.54, 1.807) is 39.5 Å². The number of furan rings is 1. The van der Waals surface area contributed by atoms with Crippen LogP contribution >= 0.6 is 0 Å². The fourth-order valence-corrected chi connectivity index (χ4v) is 3.88. The highest BCUT2D eigenvalue weighted by Crippen LogP contribution is 2.38. The Labute approximate surface area is 169 Å². The van der Waals surface area contributed by atoms with Crippen LogP contribution in [-0.2, 0) is 24.1 Å². The van der Waals surface area contributed by atoms with Crippen molar-refractivity contribution in [3.8, 4) is 23.0 Å². The zero-order valence-electron chi connectivity index (χ0n) is 16.9. The van der Waals surface area contributed by atoms with Gasteiger partial charge in [-0.15, -0.1) is 0 Å². The van der Waals surface area contributed by atoms with Crippen LogP contribution in [0.3, 0.4) is 0 Å². The van der Waals surface area contributed by atoms with Crippen molar-refractivity contribution in [1.29, 1.82) is 0 Å². The Hall–Kier alpha value is -3.15. The van der Waals surface area contributed by atoms with Gasteiger partial charge < -0.3 is 23.4 Å². The van der Waals surface area contributed by atoms with Gasteiger partial charge in [0, 0.05) is 17.4 Å². The first-order valence-corrected chi connectivity index (χ1v) is 9.66. The van der Waals surface area contributed by atoms with Crippen LogP contribution < -0.4 is 18.9 Å². The number of methoxy groups -OCH3 is 3. The lowest BCUT2D eigenvalue weighted by atomic mass is 9.96. The summed E-state index contributed by atoms with van der Waals surface area (Å²) >= 11 is 0. The molecule has 1 aromatic heterocycles. The first-order valence-electron chi connectivity index (χ1n) is 9.66. The van der Waals surface area contributed by atoms with Gasteiger partial charge >= 0.3 is 5.97 Å². The molecule has 6 heteroatoms. The monoisotopic (exact) mass is 396 g/mol. The molecule has 0 aliphatic heterocycles. The number of esters is 1. The van der Waals surface area contributed by atoms with Gasteiger partial charge in [-0.1, -0.05) is 0 Å². The highest BCUT2D eigenvalue weighted by molar-refractivity contribution is 5.85. The predicted octanol–water partition coefficient (Wildman–Crippen LogP) is 4.49. The van der Waals surface area contributed by atoms with Crippen molar-refractivity contribution in [2.45, 2.75) is 32.1 Å². The Kier molecular flexibility index (Phi) is 5.34. The largest absolute Gasteiger partial charge is 0.493 e. The molecule has 3 aromatic rings. The number of carbonyl (C=O) groups excluding carboxylic acids is 1. The maximum absolute atomic E-state index is 12.5. The summed E-state index contributed by atoms with van der Waals surface area (Å²) in [4.78, 5) is 12.5. The van der Waals surface area contributed by atoms with E-state index in [2.05, 4.69) is 0 Å². The minimum atomic E-state index is -0.365. The summed E-state index contributed by atoms with van der Waals surface area (Å²) in [5.74, 6) is 2.71. The molecule has 4 rings (SSSR count). The molecule has 2 aromatic carbocycles. The average molecular weight is 396 g/mol. The summed E-state index contributed by atoms with van der Waals surface area (Å²) in [7, 11) is 4.62. The fourth-order valence-electron chi connectivity index (χ4n) is 3.88. The van der Waals surface area contributed by atoms with Crippen molar-refractivity contribution in [3.63, 3.8) is 0 Å². The number of ether oxygens (including phenoxy) is 4. The molecule has 0 radical (unpaired) electrons. The molecular weight excluding hydrogens is 372 g/mol. The van der Waals surface area contributed by atoms with Gasteiger partial charge in [-0.2, -0.15) is 0 Å². The number of aryl methyl sites for hydroxylation is 2. The SMILES string of the molecule is COc1cc(CC(=O)Oc2ccc3oc4c(c3c2)CCCC4)cc(OC)c1OC. The van der Waals surface area contributed by atoms with Crippen LogP contribution in [0.15, 0.2) is 34.7 Å². The van der Waals surface area contributed by atoms with Crippen LogP contribution in [0, 0.1) is 0 Å². The maximum atomic E-state index is 12.5. The Morgan fingerprint density at radius 2 is 1.69 bits per heavy atom.